The van der Waals surface area contributed by atoms with Crippen LogP contribution in [0.1, 0.15) is 31.4 Å². The number of rotatable bonds is 3. The Morgan fingerprint density at radius 3 is 2.46 bits per heavy atom. The summed E-state index contributed by atoms with van der Waals surface area (Å²) in [5.41, 5.74) is 1.47. The summed E-state index contributed by atoms with van der Waals surface area (Å²) >= 11 is 0. The van der Waals surface area contributed by atoms with Crippen LogP contribution in [0.3, 0.4) is 0 Å². The molecule has 0 saturated heterocycles. The van der Waals surface area contributed by atoms with Gasteiger partial charge in [0.05, 0.1) is 5.60 Å². The van der Waals surface area contributed by atoms with Crippen LogP contribution in [0.4, 0.5) is 0 Å². The van der Waals surface area contributed by atoms with Crippen molar-refractivity contribution in [3.63, 3.8) is 0 Å². The van der Waals surface area contributed by atoms with E-state index in [1.807, 2.05) is 32.0 Å². The highest BCUT2D eigenvalue weighted by molar-refractivity contribution is 5.31. The predicted octanol–water partition coefficient (Wildman–Crippen LogP) is 2.68. The Labute approximate surface area is 80.4 Å². The highest BCUT2D eigenvalue weighted by atomic mass is 16.3. The largest absolute Gasteiger partial charge is 0.386 e. The molecule has 1 aromatic rings. The van der Waals surface area contributed by atoms with Gasteiger partial charge in [-0.3, -0.25) is 0 Å². The van der Waals surface area contributed by atoms with Gasteiger partial charge < -0.3 is 5.11 Å². The summed E-state index contributed by atoms with van der Waals surface area (Å²) in [5.74, 6) is 0. The maximum Gasteiger partial charge on any atom is 0.0843 e. The minimum Gasteiger partial charge on any atom is -0.386 e. The summed E-state index contributed by atoms with van der Waals surface area (Å²) in [6.07, 6.45) is 1.80. The Morgan fingerprint density at radius 1 is 1.31 bits per heavy atom. The quantitative estimate of drug-likeness (QED) is 0.752. The summed E-state index contributed by atoms with van der Waals surface area (Å²) in [6, 6.07) is 7.99. The van der Waals surface area contributed by atoms with Gasteiger partial charge in [0.25, 0.3) is 0 Å². The number of aliphatic hydroxyl groups is 1. The molecule has 1 aromatic carbocycles. The number of hydrogen-bond donors (Lipinski definition) is 1. The summed E-state index contributed by atoms with van der Waals surface area (Å²) in [5, 5.41) is 9.88. The average molecular weight is 177 g/mol. The third kappa shape index (κ3) is 2.56. The van der Waals surface area contributed by atoms with Crippen LogP contribution in [0.25, 0.3) is 0 Å². The van der Waals surface area contributed by atoms with E-state index in [9.17, 15) is 5.11 Å². The van der Waals surface area contributed by atoms with Crippen molar-refractivity contribution in [1.29, 1.82) is 0 Å². The fourth-order valence-corrected chi connectivity index (χ4v) is 1.53. The highest BCUT2D eigenvalue weighted by Crippen LogP contribution is 2.24. The first-order valence-electron chi connectivity index (χ1n) is 4.65. The molecule has 1 radical (unpaired) electrons. The molecule has 0 spiro atoms. The van der Waals surface area contributed by atoms with Gasteiger partial charge >= 0.3 is 0 Å². The Kier molecular flexibility index (Phi) is 3.10. The molecule has 0 unspecified atom stereocenters. The molecule has 0 aliphatic heterocycles. The summed E-state index contributed by atoms with van der Waals surface area (Å²) < 4.78 is 0. The van der Waals surface area contributed by atoms with Crippen molar-refractivity contribution in [3.8, 4) is 0 Å². The average Bonchev–Trinajstić information content (AvgIpc) is 2.04. The third-order valence-corrected chi connectivity index (χ3v) is 2.12. The molecule has 0 saturated carbocycles. The van der Waals surface area contributed by atoms with Crippen molar-refractivity contribution in [2.75, 3.05) is 0 Å². The molecule has 0 bridgehead atoms. The maximum absolute atomic E-state index is 9.88. The second-order valence-corrected chi connectivity index (χ2v) is 3.82. The van der Waals surface area contributed by atoms with E-state index in [0.717, 1.165) is 18.4 Å². The topological polar surface area (TPSA) is 20.2 Å². The normalized spacial score (nSPS) is 11.7. The highest BCUT2D eigenvalue weighted by Gasteiger charge is 2.18. The SMILES string of the molecule is [CH2]CCc1ccccc1C(C)(C)O. The first-order valence-corrected chi connectivity index (χ1v) is 4.65. The van der Waals surface area contributed by atoms with E-state index in [0.29, 0.717) is 0 Å². The standard InChI is InChI=1S/C12H17O/c1-4-7-10-8-5-6-9-11(10)12(2,3)13/h5-6,8-9,13H,1,4,7H2,2-3H3. The van der Waals surface area contributed by atoms with Gasteiger partial charge in [-0.25, -0.2) is 0 Å². The van der Waals surface area contributed by atoms with Crippen LogP contribution < -0.4 is 0 Å². The van der Waals surface area contributed by atoms with E-state index in [1.54, 1.807) is 0 Å². The van der Waals surface area contributed by atoms with Crippen LogP contribution in [0.2, 0.25) is 0 Å². The van der Waals surface area contributed by atoms with Gasteiger partial charge in [0, 0.05) is 0 Å². The van der Waals surface area contributed by atoms with Gasteiger partial charge in [-0.05, 0) is 37.8 Å². The van der Waals surface area contributed by atoms with Crippen LogP contribution in [0, 0.1) is 6.92 Å². The lowest BCUT2D eigenvalue weighted by Crippen LogP contribution is -2.17. The van der Waals surface area contributed by atoms with Crippen LogP contribution in [0.15, 0.2) is 24.3 Å². The molecule has 0 atom stereocenters. The van der Waals surface area contributed by atoms with Crippen LogP contribution in [-0.4, -0.2) is 5.11 Å². The molecular formula is C12H17O. The number of hydrogen-bond acceptors (Lipinski definition) is 1. The van der Waals surface area contributed by atoms with Gasteiger partial charge in [0.1, 0.15) is 0 Å². The van der Waals surface area contributed by atoms with Crippen molar-refractivity contribution in [3.05, 3.63) is 42.3 Å². The number of aryl methyl sites for hydroxylation is 1. The van der Waals surface area contributed by atoms with E-state index in [2.05, 4.69) is 13.0 Å². The lowest BCUT2D eigenvalue weighted by Gasteiger charge is -2.21. The minimum atomic E-state index is -0.744. The lowest BCUT2D eigenvalue weighted by atomic mass is 9.91. The van der Waals surface area contributed by atoms with Crippen molar-refractivity contribution < 1.29 is 5.11 Å². The van der Waals surface area contributed by atoms with E-state index < -0.39 is 5.60 Å². The molecule has 0 aliphatic carbocycles. The summed E-state index contributed by atoms with van der Waals surface area (Å²) in [4.78, 5) is 0. The zero-order valence-electron chi connectivity index (χ0n) is 8.38. The fourth-order valence-electron chi connectivity index (χ4n) is 1.53. The summed E-state index contributed by atoms with van der Waals surface area (Å²) in [6.45, 7) is 7.45. The monoisotopic (exact) mass is 177 g/mol. The van der Waals surface area contributed by atoms with Crippen molar-refractivity contribution in [1.82, 2.24) is 0 Å². The minimum absolute atomic E-state index is 0.744. The van der Waals surface area contributed by atoms with Crippen molar-refractivity contribution >= 4 is 0 Å². The first-order chi connectivity index (χ1) is 6.05. The van der Waals surface area contributed by atoms with Gasteiger partial charge in [-0.15, -0.1) is 0 Å². The molecule has 13 heavy (non-hydrogen) atoms. The smallest absolute Gasteiger partial charge is 0.0843 e. The molecular weight excluding hydrogens is 160 g/mol. The molecule has 1 heteroatoms. The Balaban J connectivity index is 3.05. The lowest BCUT2D eigenvalue weighted by molar-refractivity contribution is 0.0776. The van der Waals surface area contributed by atoms with Gasteiger partial charge in [0.15, 0.2) is 0 Å². The molecule has 1 rings (SSSR count). The zero-order valence-corrected chi connectivity index (χ0v) is 8.38. The number of benzene rings is 1. The first kappa shape index (κ1) is 10.3. The fraction of sp³-hybridized carbons (Fsp3) is 0.417. The zero-order chi connectivity index (χ0) is 9.90. The van der Waals surface area contributed by atoms with Crippen LogP contribution >= 0.6 is 0 Å². The van der Waals surface area contributed by atoms with E-state index in [4.69, 9.17) is 0 Å². The third-order valence-electron chi connectivity index (χ3n) is 2.12. The molecule has 0 amide bonds. The van der Waals surface area contributed by atoms with Crippen molar-refractivity contribution in [2.24, 2.45) is 0 Å². The molecule has 0 fully saturated rings. The maximum atomic E-state index is 9.88. The molecule has 0 aliphatic rings. The Hall–Kier alpha value is -0.820. The van der Waals surface area contributed by atoms with E-state index in [-0.39, 0.29) is 0 Å². The second-order valence-electron chi connectivity index (χ2n) is 3.82. The van der Waals surface area contributed by atoms with Gasteiger partial charge in [0.2, 0.25) is 0 Å². The molecule has 71 valence electrons. The molecule has 0 heterocycles. The van der Waals surface area contributed by atoms with Crippen LogP contribution in [-0.2, 0) is 12.0 Å². The van der Waals surface area contributed by atoms with Crippen LogP contribution in [0.5, 0.6) is 0 Å². The van der Waals surface area contributed by atoms with Gasteiger partial charge in [-0.2, -0.15) is 0 Å². The Morgan fingerprint density at radius 2 is 1.92 bits per heavy atom. The van der Waals surface area contributed by atoms with E-state index >= 15 is 0 Å². The predicted molar refractivity (Wildman–Crippen MR) is 55.4 cm³/mol. The molecule has 0 aromatic heterocycles. The molecule has 1 N–H and O–H groups in total. The second kappa shape index (κ2) is 3.93. The van der Waals surface area contributed by atoms with Crippen molar-refractivity contribution in [2.45, 2.75) is 32.3 Å². The molecule has 1 nitrogen and oxygen atoms in total. The van der Waals surface area contributed by atoms with E-state index in [1.165, 1.54) is 5.56 Å². The Bertz CT molecular complexity index is 271. The van der Waals surface area contributed by atoms with Gasteiger partial charge in [-0.1, -0.05) is 31.2 Å². The summed E-state index contributed by atoms with van der Waals surface area (Å²) in [7, 11) is 0.